The number of aromatic nitrogens is 2. The second-order valence-corrected chi connectivity index (χ2v) is 4.97. The zero-order valence-corrected chi connectivity index (χ0v) is 10.6. The molecule has 3 N–H and O–H groups in total. The Morgan fingerprint density at radius 2 is 2.17 bits per heavy atom. The van der Waals surface area contributed by atoms with Gasteiger partial charge in [0.2, 0.25) is 0 Å². The monoisotopic (exact) mass is 255 g/mol. The molecule has 0 aliphatic carbocycles. The third-order valence-electron chi connectivity index (χ3n) is 2.80. The fraction of sp³-hybridized carbons (Fsp3) is 0.0714. The molecule has 18 heavy (non-hydrogen) atoms. The van der Waals surface area contributed by atoms with Crippen molar-refractivity contribution in [3.8, 4) is 22.0 Å². The van der Waals surface area contributed by atoms with Gasteiger partial charge < -0.3 is 10.7 Å². The van der Waals surface area contributed by atoms with Gasteiger partial charge >= 0.3 is 0 Å². The summed E-state index contributed by atoms with van der Waals surface area (Å²) >= 11 is 1.70. The lowest BCUT2D eigenvalue weighted by Gasteiger charge is -2.00. The van der Waals surface area contributed by atoms with Gasteiger partial charge in [-0.1, -0.05) is 24.3 Å². The fourth-order valence-electron chi connectivity index (χ4n) is 1.87. The van der Waals surface area contributed by atoms with Crippen molar-refractivity contribution in [2.24, 2.45) is 5.73 Å². The molecule has 0 saturated heterocycles. The Kier molecular flexibility index (Phi) is 2.96. The summed E-state index contributed by atoms with van der Waals surface area (Å²) in [6.07, 6.45) is 1.87. The number of hydrogen-bond acceptors (Lipinski definition) is 3. The molecule has 1 aromatic carbocycles. The molecule has 0 radical (unpaired) electrons. The largest absolute Gasteiger partial charge is 0.337 e. The van der Waals surface area contributed by atoms with Crippen LogP contribution < -0.4 is 5.73 Å². The molecule has 3 nitrogen and oxygen atoms in total. The predicted octanol–water partition coefficient (Wildman–Crippen LogP) is 3.26. The van der Waals surface area contributed by atoms with Gasteiger partial charge in [0.1, 0.15) is 5.82 Å². The van der Waals surface area contributed by atoms with Crippen molar-refractivity contribution in [2.75, 3.05) is 0 Å². The molecule has 0 unspecified atom stereocenters. The number of hydrogen-bond donors (Lipinski definition) is 2. The van der Waals surface area contributed by atoms with E-state index in [0.717, 1.165) is 22.6 Å². The summed E-state index contributed by atoms with van der Waals surface area (Å²) in [5, 5.41) is 2.06. The normalized spacial score (nSPS) is 10.7. The Labute approximate surface area is 109 Å². The first-order valence-corrected chi connectivity index (χ1v) is 6.63. The van der Waals surface area contributed by atoms with Crippen molar-refractivity contribution in [2.45, 2.75) is 6.54 Å². The SMILES string of the molecule is NCc1cccc(-c2ncc(-c3cccs3)[nH]2)c1. The minimum absolute atomic E-state index is 0.548. The molecule has 0 amide bonds. The van der Waals surface area contributed by atoms with E-state index < -0.39 is 0 Å². The topological polar surface area (TPSA) is 54.7 Å². The number of H-pyrrole nitrogens is 1. The van der Waals surface area contributed by atoms with Crippen molar-refractivity contribution in [3.63, 3.8) is 0 Å². The number of thiophene rings is 1. The second kappa shape index (κ2) is 4.76. The summed E-state index contributed by atoms with van der Waals surface area (Å²) < 4.78 is 0. The number of nitrogens with zero attached hydrogens (tertiary/aromatic N) is 1. The van der Waals surface area contributed by atoms with Crippen LogP contribution in [0, 0.1) is 0 Å². The van der Waals surface area contributed by atoms with Crippen LogP contribution >= 0.6 is 11.3 Å². The molecule has 2 aromatic heterocycles. The zero-order valence-electron chi connectivity index (χ0n) is 9.76. The minimum Gasteiger partial charge on any atom is -0.337 e. The Bertz CT molecular complexity index is 641. The number of nitrogens with two attached hydrogens (primary N) is 1. The van der Waals surface area contributed by atoms with E-state index in [9.17, 15) is 0 Å². The van der Waals surface area contributed by atoms with Crippen LogP contribution in [0.15, 0.2) is 48.0 Å². The minimum atomic E-state index is 0.548. The molecule has 90 valence electrons. The molecule has 0 atom stereocenters. The first kappa shape index (κ1) is 11.2. The summed E-state index contributed by atoms with van der Waals surface area (Å²) in [6.45, 7) is 0.548. The predicted molar refractivity (Wildman–Crippen MR) is 75.2 cm³/mol. The van der Waals surface area contributed by atoms with Crippen LogP contribution in [0.5, 0.6) is 0 Å². The Hall–Kier alpha value is -1.91. The van der Waals surface area contributed by atoms with Gasteiger partial charge in [0, 0.05) is 12.1 Å². The van der Waals surface area contributed by atoms with E-state index in [4.69, 9.17) is 5.73 Å². The van der Waals surface area contributed by atoms with E-state index >= 15 is 0 Å². The van der Waals surface area contributed by atoms with Gasteiger partial charge in [-0.3, -0.25) is 0 Å². The highest BCUT2D eigenvalue weighted by Crippen LogP contribution is 2.25. The number of nitrogens with one attached hydrogen (secondary N) is 1. The lowest BCUT2D eigenvalue weighted by molar-refractivity contribution is 1.07. The van der Waals surface area contributed by atoms with Crippen molar-refractivity contribution < 1.29 is 0 Å². The molecule has 3 rings (SSSR count). The molecule has 4 heteroatoms. The van der Waals surface area contributed by atoms with Crippen LogP contribution in [-0.2, 0) is 6.54 Å². The number of aromatic amines is 1. The van der Waals surface area contributed by atoms with E-state index in [2.05, 4.69) is 27.5 Å². The van der Waals surface area contributed by atoms with E-state index in [1.54, 1.807) is 11.3 Å². The lowest BCUT2D eigenvalue weighted by Crippen LogP contribution is -1.96. The summed E-state index contributed by atoms with van der Waals surface area (Å²) in [6, 6.07) is 12.2. The van der Waals surface area contributed by atoms with E-state index in [1.165, 1.54) is 4.88 Å². The maximum absolute atomic E-state index is 5.65. The number of rotatable bonds is 3. The van der Waals surface area contributed by atoms with E-state index in [-0.39, 0.29) is 0 Å². The third kappa shape index (κ3) is 2.08. The van der Waals surface area contributed by atoms with Gasteiger partial charge in [-0.2, -0.15) is 0 Å². The van der Waals surface area contributed by atoms with Gasteiger partial charge in [-0.15, -0.1) is 11.3 Å². The number of imidazole rings is 1. The van der Waals surface area contributed by atoms with Crippen molar-refractivity contribution in [1.82, 2.24) is 9.97 Å². The summed E-state index contributed by atoms with van der Waals surface area (Å²) in [5.74, 6) is 0.883. The molecule has 2 heterocycles. The average molecular weight is 255 g/mol. The fourth-order valence-corrected chi connectivity index (χ4v) is 2.56. The van der Waals surface area contributed by atoms with Crippen LogP contribution in [0.25, 0.3) is 22.0 Å². The van der Waals surface area contributed by atoms with Crippen LogP contribution in [0.3, 0.4) is 0 Å². The van der Waals surface area contributed by atoms with Gasteiger partial charge in [0.05, 0.1) is 16.8 Å². The van der Waals surface area contributed by atoms with Crippen molar-refractivity contribution in [3.05, 3.63) is 53.5 Å². The van der Waals surface area contributed by atoms with Crippen molar-refractivity contribution in [1.29, 1.82) is 0 Å². The molecule has 0 spiro atoms. The molecule has 0 bridgehead atoms. The highest BCUT2D eigenvalue weighted by molar-refractivity contribution is 7.13. The molecular weight excluding hydrogens is 242 g/mol. The maximum atomic E-state index is 5.65. The van der Waals surface area contributed by atoms with Crippen LogP contribution in [0.1, 0.15) is 5.56 Å². The van der Waals surface area contributed by atoms with Gasteiger partial charge in [0.25, 0.3) is 0 Å². The summed E-state index contributed by atoms with van der Waals surface area (Å²) in [7, 11) is 0. The molecule has 0 aliphatic rings. The lowest BCUT2D eigenvalue weighted by atomic mass is 10.1. The maximum Gasteiger partial charge on any atom is 0.137 e. The van der Waals surface area contributed by atoms with E-state index in [0.29, 0.717) is 6.54 Å². The third-order valence-corrected chi connectivity index (χ3v) is 3.70. The Morgan fingerprint density at radius 3 is 2.94 bits per heavy atom. The molecule has 3 aromatic rings. The van der Waals surface area contributed by atoms with Crippen LogP contribution in [-0.4, -0.2) is 9.97 Å². The van der Waals surface area contributed by atoms with Gasteiger partial charge in [-0.05, 0) is 23.1 Å². The first-order valence-electron chi connectivity index (χ1n) is 5.75. The zero-order chi connectivity index (χ0) is 12.4. The Balaban J connectivity index is 1.97. The molecule has 0 saturated carbocycles. The average Bonchev–Trinajstić information content (AvgIpc) is 3.09. The second-order valence-electron chi connectivity index (χ2n) is 4.03. The van der Waals surface area contributed by atoms with Crippen LogP contribution in [0.2, 0.25) is 0 Å². The quantitative estimate of drug-likeness (QED) is 0.754. The number of benzene rings is 1. The van der Waals surface area contributed by atoms with Gasteiger partial charge in [-0.25, -0.2) is 4.98 Å². The first-order chi connectivity index (χ1) is 8.86. The highest BCUT2D eigenvalue weighted by Gasteiger charge is 2.06. The summed E-state index contributed by atoms with van der Waals surface area (Å²) in [4.78, 5) is 8.97. The molecule has 0 aliphatic heterocycles. The molecule has 0 fully saturated rings. The molecular formula is C14H13N3S. The standard InChI is InChI=1S/C14H13N3S/c15-8-10-3-1-4-11(7-10)14-16-9-12(17-14)13-5-2-6-18-13/h1-7,9H,8,15H2,(H,16,17). The summed E-state index contributed by atoms with van der Waals surface area (Å²) in [5.41, 5.74) is 8.89. The van der Waals surface area contributed by atoms with E-state index in [1.807, 2.05) is 30.5 Å². The smallest absolute Gasteiger partial charge is 0.137 e. The van der Waals surface area contributed by atoms with Crippen LogP contribution in [0.4, 0.5) is 0 Å². The van der Waals surface area contributed by atoms with Crippen molar-refractivity contribution >= 4 is 11.3 Å². The van der Waals surface area contributed by atoms with Gasteiger partial charge in [0.15, 0.2) is 0 Å². The highest BCUT2D eigenvalue weighted by atomic mass is 32.1. The Morgan fingerprint density at radius 1 is 1.22 bits per heavy atom.